The molecule has 0 fully saturated rings. The van der Waals surface area contributed by atoms with Gasteiger partial charge in [-0.2, -0.15) is 5.10 Å². The molecule has 0 aliphatic carbocycles. The van der Waals surface area contributed by atoms with Gasteiger partial charge in [-0.3, -0.25) is 4.79 Å². The zero-order valence-electron chi connectivity index (χ0n) is 15.3. The normalized spacial score (nSPS) is 12.7. The van der Waals surface area contributed by atoms with Crippen LogP contribution < -0.4 is 10.1 Å². The summed E-state index contributed by atoms with van der Waals surface area (Å²) in [6, 6.07) is 9.58. The molecular formula is C19H27N3O3. The predicted molar refractivity (Wildman–Crippen MR) is 97.1 cm³/mol. The van der Waals surface area contributed by atoms with Crippen LogP contribution in [0.25, 0.3) is 5.69 Å². The number of benzene rings is 1. The molecule has 0 spiro atoms. The second kappa shape index (κ2) is 8.16. The number of hydrogen-bond donors (Lipinski definition) is 2. The molecule has 0 bridgehead atoms. The van der Waals surface area contributed by atoms with Crippen molar-refractivity contribution in [2.75, 3.05) is 13.2 Å². The Morgan fingerprint density at radius 1 is 1.36 bits per heavy atom. The lowest BCUT2D eigenvalue weighted by Crippen LogP contribution is -2.36. The highest BCUT2D eigenvalue weighted by Crippen LogP contribution is 2.23. The molecule has 25 heavy (non-hydrogen) atoms. The van der Waals surface area contributed by atoms with Gasteiger partial charge in [-0.15, -0.1) is 0 Å². The number of rotatable bonds is 8. The highest BCUT2D eigenvalue weighted by Gasteiger charge is 2.24. The summed E-state index contributed by atoms with van der Waals surface area (Å²) >= 11 is 0. The van der Waals surface area contributed by atoms with Crippen LogP contribution >= 0.6 is 0 Å². The number of carbonyl (C=O) groups excluding carboxylic acids is 1. The number of nitrogens with one attached hydrogen (secondary N) is 1. The summed E-state index contributed by atoms with van der Waals surface area (Å²) < 4.78 is 7.21. The van der Waals surface area contributed by atoms with E-state index in [0.29, 0.717) is 25.3 Å². The molecule has 2 aromatic rings. The third-order valence-corrected chi connectivity index (χ3v) is 3.79. The van der Waals surface area contributed by atoms with Crippen LogP contribution in [0.5, 0.6) is 5.75 Å². The molecule has 136 valence electrons. The van der Waals surface area contributed by atoms with Gasteiger partial charge in [0.2, 0.25) is 0 Å². The first-order chi connectivity index (χ1) is 11.8. The fourth-order valence-electron chi connectivity index (χ4n) is 2.76. The van der Waals surface area contributed by atoms with Crippen LogP contribution in [0, 0.1) is 5.41 Å². The fraction of sp³-hybridized carbons (Fsp3) is 0.474. The number of nitrogens with zero attached hydrogens (tertiary/aromatic N) is 2. The molecule has 0 radical (unpaired) electrons. The standard InChI is InChI=1S/C19H27N3O3/c1-5-25-16-12-22(15-9-7-6-8-10-15)21-17(16)18(24)20-13-19(3,4)11-14(2)23/h6-10,12,14,23H,5,11,13H2,1-4H3,(H,20,24). The maximum atomic E-state index is 12.6. The highest BCUT2D eigenvalue weighted by molar-refractivity contribution is 5.95. The van der Waals surface area contributed by atoms with E-state index in [0.717, 1.165) is 5.69 Å². The van der Waals surface area contributed by atoms with Gasteiger partial charge in [-0.05, 0) is 37.8 Å². The number of aliphatic hydroxyl groups is 1. The minimum absolute atomic E-state index is 0.211. The van der Waals surface area contributed by atoms with Crippen molar-refractivity contribution in [3.05, 3.63) is 42.2 Å². The number of hydrogen-bond acceptors (Lipinski definition) is 4. The van der Waals surface area contributed by atoms with E-state index < -0.39 is 6.10 Å². The Labute approximate surface area is 148 Å². The Morgan fingerprint density at radius 3 is 2.64 bits per heavy atom. The van der Waals surface area contributed by atoms with Crippen molar-refractivity contribution >= 4 is 5.91 Å². The van der Waals surface area contributed by atoms with E-state index in [4.69, 9.17) is 4.74 Å². The minimum Gasteiger partial charge on any atom is -0.490 e. The Balaban J connectivity index is 2.16. The number of para-hydroxylation sites is 1. The highest BCUT2D eigenvalue weighted by atomic mass is 16.5. The summed E-state index contributed by atoms with van der Waals surface area (Å²) in [7, 11) is 0. The minimum atomic E-state index is -0.414. The molecule has 1 aromatic heterocycles. The summed E-state index contributed by atoms with van der Waals surface area (Å²) in [5.41, 5.74) is 0.910. The second-order valence-corrected chi connectivity index (χ2v) is 6.96. The first-order valence-electron chi connectivity index (χ1n) is 8.56. The fourth-order valence-corrected chi connectivity index (χ4v) is 2.76. The molecule has 1 unspecified atom stereocenters. The lowest BCUT2D eigenvalue weighted by atomic mass is 9.87. The van der Waals surface area contributed by atoms with Crippen LogP contribution in [0.15, 0.2) is 36.5 Å². The van der Waals surface area contributed by atoms with Crippen LogP contribution in [-0.4, -0.2) is 40.0 Å². The van der Waals surface area contributed by atoms with Crippen molar-refractivity contribution in [1.29, 1.82) is 0 Å². The van der Waals surface area contributed by atoms with Gasteiger partial charge in [0.25, 0.3) is 5.91 Å². The zero-order chi connectivity index (χ0) is 18.4. The van der Waals surface area contributed by atoms with Crippen molar-refractivity contribution in [2.24, 2.45) is 5.41 Å². The zero-order valence-corrected chi connectivity index (χ0v) is 15.3. The molecule has 0 saturated heterocycles. The summed E-state index contributed by atoms with van der Waals surface area (Å²) in [5, 5.41) is 16.9. The summed E-state index contributed by atoms with van der Waals surface area (Å²) in [4.78, 5) is 12.6. The van der Waals surface area contributed by atoms with E-state index in [9.17, 15) is 9.90 Å². The SMILES string of the molecule is CCOc1cn(-c2ccccc2)nc1C(=O)NCC(C)(C)CC(C)O. The maximum absolute atomic E-state index is 12.6. The van der Waals surface area contributed by atoms with E-state index in [-0.39, 0.29) is 17.0 Å². The molecule has 0 aliphatic heterocycles. The van der Waals surface area contributed by atoms with E-state index in [1.807, 2.05) is 51.1 Å². The monoisotopic (exact) mass is 345 g/mol. The molecule has 1 atom stereocenters. The quantitative estimate of drug-likeness (QED) is 0.771. The molecule has 6 nitrogen and oxygen atoms in total. The predicted octanol–water partition coefficient (Wildman–Crippen LogP) is 2.80. The molecule has 1 heterocycles. The van der Waals surface area contributed by atoms with Crippen LogP contribution in [0.1, 0.15) is 44.6 Å². The Morgan fingerprint density at radius 2 is 2.04 bits per heavy atom. The largest absolute Gasteiger partial charge is 0.490 e. The molecule has 1 amide bonds. The Kier molecular flexibility index (Phi) is 6.20. The number of ether oxygens (including phenoxy) is 1. The van der Waals surface area contributed by atoms with Gasteiger partial charge in [0.15, 0.2) is 11.4 Å². The van der Waals surface area contributed by atoms with Gasteiger partial charge in [0.1, 0.15) is 0 Å². The topological polar surface area (TPSA) is 76.4 Å². The van der Waals surface area contributed by atoms with Gasteiger partial charge in [0, 0.05) is 6.54 Å². The van der Waals surface area contributed by atoms with Crippen molar-refractivity contribution in [1.82, 2.24) is 15.1 Å². The summed E-state index contributed by atoms with van der Waals surface area (Å²) in [5.74, 6) is 0.175. The number of amides is 1. The first kappa shape index (κ1) is 19.0. The molecule has 2 rings (SSSR count). The van der Waals surface area contributed by atoms with E-state index in [2.05, 4.69) is 10.4 Å². The van der Waals surface area contributed by atoms with Crippen LogP contribution in [0.2, 0.25) is 0 Å². The lowest BCUT2D eigenvalue weighted by Gasteiger charge is -2.26. The van der Waals surface area contributed by atoms with E-state index >= 15 is 0 Å². The Bertz CT molecular complexity index is 693. The number of aliphatic hydroxyl groups excluding tert-OH is 1. The van der Waals surface area contributed by atoms with Crippen LogP contribution in [0.4, 0.5) is 0 Å². The van der Waals surface area contributed by atoms with Crippen LogP contribution in [0.3, 0.4) is 0 Å². The number of aromatic nitrogens is 2. The van der Waals surface area contributed by atoms with Gasteiger partial charge < -0.3 is 15.2 Å². The third-order valence-electron chi connectivity index (χ3n) is 3.79. The van der Waals surface area contributed by atoms with Gasteiger partial charge in [-0.1, -0.05) is 32.0 Å². The van der Waals surface area contributed by atoms with E-state index in [1.165, 1.54) is 0 Å². The van der Waals surface area contributed by atoms with Crippen LogP contribution in [-0.2, 0) is 0 Å². The average molecular weight is 345 g/mol. The lowest BCUT2D eigenvalue weighted by molar-refractivity contribution is 0.0893. The summed E-state index contributed by atoms with van der Waals surface area (Å²) in [6.07, 6.45) is 1.90. The van der Waals surface area contributed by atoms with Crippen molar-refractivity contribution < 1.29 is 14.6 Å². The van der Waals surface area contributed by atoms with Crippen molar-refractivity contribution in [2.45, 2.75) is 40.2 Å². The third kappa shape index (κ3) is 5.32. The van der Waals surface area contributed by atoms with Gasteiger partial charge in [-0.25, -0.2) is 4.68 Å². The smallest absolute Gasteiger partial charge is 0.275 e. The number of carbonyl (C=O) groups is 1. The van der Waals surface area contributed by atoms with E-state index in [1.54, 1.807) is 17.8 Å². The van der Waals surface area contributed by atoms with Crippen molar-refractivity contribution in [3.8, 4) is 11.4 Å². The second-order valence-electron chi connectivity index (χ2n) is 6.96. The molecule has 0 saturated carbocycles. The van der Waals surface area contributed by atoms with Crippen molar-refractivity contribution in [3.63, 3.8) is 0 Å². The molecule has 6 heteroatoms. The molecular weight excluding hydrogens is 318 g/mol. The van der Waals surface area contributed by atoms with Gasteiger partial charge in [0.05, 0.1) is 24.6 Å². The molecule has 0 aliphatic rings. The maximum Gasteiger partial charge on any atom is 0.275 e. The first-order valence-corrected chi connectivity index (χ1v) is 8.56. The van der Waals surface area contributed by atoms with Gasteiger partial charge >= 0.3 is 0 Å². The molecule has 1 aromatic carbocycles. The Hall–Kier alpha value is -2.34. The average Bonchev–Trinajstić information content (AvgIpc) is 2.97. The summed E-state index contributed by atoms with van der Waals surface area (Å²) in [6.45, 7) is 8.53. The molecule has 2 N–H and O–H groups in total.